The molecule has 34 heavy (non-hydrogen) atoms. The molecule has 2 saturated heterocycles. The molecule has 0 aliphatic carbocycles. The molecule has 1 atom stereocenters. The molecule has 0 aromatic heterocycles. The maximum atomic E-state index is 13.3. The van der Waals surface area contributed by atoms with E-state index in [0.29, 0.717) is 37.4 Å². The number of carbonyl (C=O) groups excluding carboxylic acids is 2. The molecule has 2 fully saturated rings. The summed E-state index contributed by atoms with van der Waals surface area (Å²) < 4.78 is 38.8. The summed E-state index contributed by atoms with van der Waals surface area (Å²) >= 11 is 0. The van der Waals surface area contributed by atoms with Gasteiger partial charge < -0.3 is 14.4 Å². The van der Waals surface area contributed by atoms with E-state index in [4.69, 9.17) is 9.47 Å². The molecule has 2 aromatic carbocycles. The molecule has 1 amide bonds. The van der Waals surface area contributed by atoms with Crippen molar-refractivity contribution in [2.75, 3.05) is 39.4 Å². The Balaban J connectivity index is 1.60. The van der Waals surface area contributed by atoms with Crippen molar-refractivity contribution in [1.82, 2.24) is 9.21 Å². The standard InChI is InChI=1S/C25H30N2O6S/c1-19-10-11-21(18-22(19)34(30,31)27-14-16-32-17-15-27)25(29)33-23(20-8-4-2-5-9-20)24(28)26-12-6-3-7-13-26/h2,4-5,8-11,18,23H,3,6-7,12-17H2,1H3. The maximum Gasteiger partial charge on any atom is 0.339 e. The minimum Gasteiger partial charge on any atom is -0.444 e. The van der Waals surface area contributed by atoms with E-state index in [-0.39, 0.29) is 29.5 Å². The van der Waals surface area contributed by atoms with Crippen LogP contribution < -0.4 is 0 Å². The van der Waals surface area contributed by atoms with Crippen LogP contribution in [0.15, 0.2) is 53.4 Å². The van der Waals surface area contributed by atoms with E-state index in [2.05, 4.69) is 0 Å². The molecular weight excluding hydrogens is 456 g/mol. The van der Waals surface area contributed by atoms with Gasteiger partial charge in [0.25, 0.3) is 5.91 Å². The van der Waals surface area contributed by atoms with E-state index in [1.165, 1.54) is 16.4 Å². The Hall–Kier alpha value is -2.75. The van der Waals surface area contributed by atoms with Crippen LogP contribution in [0.1, 0.15) is 46.9 Å². The Bertz CT molecular complexity index is 1120. The van der Waals surface area contributed by atoms with Gasteiger partial charge in [0.15, 0.2) is 0 Å². The number of ether oxygens (including phenoxy) is 2. The van der Waals surface area contributed by atoms with Crippen LogP contribution in [0.3, 0.4) is 0 Å². The highest BCUT2D eigenvalue weighted by Gasteiger charge is 2.32. The number of aryl methyl sites for hydroxylation is 1. The van der Waals surface area contributed by atoms with Gasteiger partial charge in [0.2, 0.25) is 16.1 Å². The first-order chi connectivity index (χ1) is 16.4. The zero-order chi connectivity index (χ0) is 24.1. The number of likely N-dealkylation sites (tertiary alicyclic amines) is 1. The van der Waals surface area contributed by atoms with Gasteiger partial charge in [0.05, 0.1) is 23.7 Å². The second-order valence-electron chi connectivity index (χ2n) is 8.58. The molecule has 0 saturated carbocycles. The van der Waals surface area contributed by atoms with E-state index < -0.39 is 22.1 Å². The average molecular weight is 487 g/mol. The second kappa shape index (κ2) is 10.7. The number of morpholine rings is 1. The van der Waals surface area contributed by atoms with E-state index >= 15 is 0 Å². The lowest BCUT2D eigenvalue weighted by atomic mass is 10.1. The van der Waals surface area contributed by atoms with E-state index in [9.17, 15) is 18.0 Å². The number of nitrogens with zero attached hydrogens (tertiary/aromatic N) is 2. The second-order valence-corrected chi connectivity index (χ2v) is 10.5. The zero-order valence-electron chi connectivity index (χ0n) is 19.3. The average Bonchev–Trinajstić information content (AvgIpc) is 2.88. The van der Waals surface area contributed by atoms with Gasteiger partial charge in [0, 0.05) is 31.7 Å². The van der Waals surface area contributed by atoms with Gasteiger partial charge in [-0.2, -0.15) is 4.31 Å². The summed E-state index contributed by atoms with van der Waals surface area (Å²) in [5.74, 6) is -0.995. The molecule has 0 bridgehead atoms. The quantitative estimate of drug-likeness (QED) is 0.583. The monoisotopic (exact) mass is 486 g/mol. The van der Waals surface area contributed by atoms with Crippen LogP contribution in [0.2, 0.25) is 0 Å². The molecule has 4 rings (SSSR count). The van der Waals surface area contributed by atoms with Crippen molar-refractivity contribution in [2.45, 2.75) is 37.2 Å². The highest BCUT2D eigenvalue weighted by Crippen LogP contribution is 2.26. The molecule has 1 unspecified atom stereocenters. The van der Waals surface area contributed by atoms with Crippen LogP contribution in [0.5, 0.6) is 0 Å². The summed E-state index contributed by atoms with van der Waals surface area (Å²) in [7, 11) is -3.79. The van der Waals surface area contributed by atoms with Crippen molar-refractivity contribution in [2.24, 2.45) is 0 Å². The molecule has 182 valence electrons. The Morgan fingerprint density at radius 2 is 1.62 bits per heavy atom. The van der Waals surface area contributed by atoms with E-state index in [1.54, 1.807) is 42.2 Å². The molecule has 8 nitrogen and oxygen atoms in total. The smallest absolute Gasteiger partial charge is 0.339 e. The van der Waals surface area contributed by atoms with Crippen LogP contribution >= 0.6 is 0 Å². The largest absolute Gasteiger partial charge is 0.444 e. The fourth-order valence-corrected chi connectivity index (χ4v) is 5.93. The molecule has 9 heteroatoms. The number of piperidine rings is 1. The number of sulfonamides is 1. The Morgan fingerprint density at radius 3 is 2.29 bits per heavy atom. The summed E-state index contributed by atoms with van der Waals surface area (Å²) in [6, 6.07) is 13.4. The molecule has 2 aliphatic rings. The number of benzene rings is 2. The van der Waals surface area contributed by atoms with Gasteiger partial charge in [-0.15, -0.1) is 0 Å². The minimum absolute atomic E-state index is 0.0578. The summed E-state index contributed by atoms with van der Waals surface area (Å²) in [4.78, 5) is 28.2. The SMILES string of the molecule is Cc1ccc(C(=O)OC(C(=O)N2CCCCC2)c2ccccc2)cc1S(=O)(=O)N1CCOCC1. The topological polar surface area (TPSA) is 93.2 Å². The van der Waals surface area contributed by atoms with Gasteiger partial charge in [-0.3, -0.25) is 4.79 Å². The minimum atomic E-state index is -3.79. The van der Waals surface area contributed by atoms with Crippen LogP contribution in [0.25, 0.3) is 0 Å². The third-order valence-electron chi connectivity index (χ3n) is 6.23. The molecule has 2 heterocycles. The Morgan fingerprint density at radius 1 is 0.941 bits per heavy atom. The van der Waals surface area contributed by atoms with Gasteiger partial charge in [-0.1, -0.05) is 36.4 Å². The molecule has 0 N–H and O–H groups in total. The van der Waals surface area contributed by atoms with Crippen LogP contribution in [0, 0.1) is 6.92 Å². The normalized spacial score (nSPS) is 18.3. The fourth-order valence-electron chi connectivity index (χ4n) is 4.28. The highest BCUT2D eigenvalue weighted by molar-refractivity contribution is 7.89. The van der Waals surface area contributed by atoms with E-state index in [0.717, 1.165) is 19.3 Å². The van der Waals surface area contributed by atoms with Gasteiger partial charge in [0.1, 0.15) is 0 Å². The number of hydrogen-bond acceptors (Lipinski definition) is 6. The maximum absolute atomic E-state index is 13.3. The van der Waals surface area contributed by atoms with Crippen molar-refractivity contribution in [3.63, 3.8) is 0 Å². The summed E-state index contributed by atoms with van der Waals surface area (Å²) in [5.41, 5.74) is 1.21. The third kappa shape index (κ3) is 5.32. The number of hydrogen-bond donors (Lipinski definition) is 0. The van der Waals surface area contributed by atoms with Crippen molar-refractivity contribution in [1.29, 1.82) is 0 Å². The Kier molecular flexibility index (Phi) is 7.65. The fraction of sp³-hybridized carbons (Fsp3) is 0.440. The number of amides is 1. The van der Waals surface area contributed by atoms with Crippen molar-refractivity contribution < 1.29 is 27.5 Å². The molecule has 0 spiro atoms. The van der Waals surface area contributed by atoms with Crippen molar-refractivity contribution in [3.8, 4) is 0 Å². The number of rotatable bonds is 6. The van der Waals surface area contributed by atoms with Crippen LogP contribution in [-0.2, 0) is 24.3 Å². The van der Waals surface area contributed by atoms with Crippen LogP contribution in [-0.4, -0.2) is 68.9 Å². The summed E-state index contributed by atoms with van der Waals surface area (Å²) in [6.07, 6.45) is 1.82. The zero-order valence-corrected chi connectivity index (χ0v) is 20.1. The van der Waals surface area contributed by atoms with Crippen molar-refractivity contribution >= 4 is 21.9 Å². The molecule has 0 radical (unpaired) electrons. The predicted octanol–water partition coefficient (Wildman–Crippen LogP) is 2.93. The predicted molar refractivity (Wildman–Crippen MR) is 126 cm³/mol. The lowest BCUT2D eigenvalue weighted by Crippen LogP contribution is -2.41. The van der Waals surface area contributed by atoms with Gasteiger partial charge in [-0.25, -0.2) is 13.2 Å². The van der Waals surface area contributed by atoms with E-state index in [1.807, 2.05) is 6.07 Å². The molecule has 2 aromatic rings. The number of esters is 1. The number of carbonyl (C=O) groups is 2. The first kappa shape index (κ1) is 24.4. The summed E-state index contributed by atoms with van der Waals surface area (Å²) in [6.45, 7) is 4.13. The lowest BCUT2D eigenvalue weighted by molar-refractivity contribution is -0.142. The third-order valence-corrected chi connectivity index (χ3v) is 8.27. The van der Waals surface area contributed by atoms with Gasteiger partial charge >= 0.3 is 5.97 Å². The van der Waals surface area contributed by atoms with Crippen LogP contribution in [0.4, 0.5) is 0 Å². The Labute approximate surface area is 200 Å². The molecular formula is C25H30N2O6S. The highest BCUT2D eigenvalue weighted by atomic mass is 32.2. The summed E-state index contributed by atoms with van der Waals surface area (Å²) in [5, 5.41) is 0. The first-order valence-corrected chi connectivity index (χ1v) is 13.1. The lowest BCUT2D eigenvalue weighted by Gasteiger charge is -2.30. The first-order valence-electron chi connectivity index (χ1n) is 11.6. The molecule has 2 aliphatic heterocycles. The van der Waals surface area contributed by atoms with Crippen molar-refractivity contribution in [3.05, 3.63) is 65.2 Å². The van der Waals surface area contributed by atoms with Gasteiger partial charge in [-0.05, 0) is 43.9 Å².